The Morgan fingerprint density at radius 2 is 1.42 bits per heavy atom. The SMILES string of the molecule is Cc1ccc(NC(=O)COC(=O)[C@H](CC(C)C)N2C(=O)[C@@H]3C4c5ccccc5C(c5ccccc54)[C@@H]3C2=O)cc1[N+](=O)[O-]. The minimum absolute atomic E-state index is 0.0613. The summed E-state index contributed by atoms with van der Waals surface area (Å²) in [6.45, 7) is 4.66. The molecule has 1 aliphatic heterocycles. The number of nitrogens with one attached hydrogen (secondary N) is 1. The molecule has 0 aromatic heterocycles. The van der Waals surface area contributed by atoms with Crippen molar-refractivity contribution in [3.8, 4) is 0 Å². The van der Waals surface area contributed by atoms with Gasteiger partial charge in [0.25, 0.3) is 11.6 Å². The maximum Gasteiger partial charge on any atom is 0.329 e. The molecule has 1 saturated heterocycles. The van der Waals surface area contributed by atoms with Crippen LogP contribution in [0.1, 0.15) is 59.9 Å². The van der Waals surface area contributed by atoms with Crippen molar-refractivity contribution in [1.82, 2.24) is 4.90 Å². The Bertz CT molecular complexity index is 1570. The molecule has 0 saturated carbocycles. The predicted octanol–water partition coefficient (Wildman–Crippen LogP) is 4.69. The maximum absolute atomic E-state index is 14.1. The average molecular weight is 582 g/mol. The van der Waals surface area contributed by atoms with E-state index < -0.39 is 53.1 Å². The Morgan fingerprint density at radius 1 is 0.907 bits per heavy atom. The summed E-state index contributed by atoms with van der Waals surface area (Å²) in [5.41, 5.74) is 4.60. The fourth-order valence-electron chi connectivity index (χ4n) is 7.07. The summed E-state index contributed by atoms with van der Waals surface area (Å²) >= 11 is 0. The molecule has 1 fully saturated rings. The summed E-state index contributed by atoms with van der Waals surface area (Å²) in [4.78, 5) is 66.2. The molecule has 3 atom stereocenters. The highest BCUT2D eigenvalue weighted by Crippen LogP contribution is 2.61. The number of rotatable bonds is 8. The van der Waals surface area contributed by atoms with Crippen molar-refractivity contribution in [2.45, 2.75) is 45.1 Å². The van der Waals surface area contributed by atoms with Crippen LogP contribution in [0.15, 0.2) is 66.7 Å². The smallest absolute Gasteiger partial charge is 0.329 e. The third-order valence-corrected chi connectivity index (χ3v) is 8.80. The van der Waals surface area contributed by atoms with Gasteiger partial charge >= 0.3 is 5.97 Å². The summed E-state index contributed by atoms with van der Waals surface area (Å²) in [6, 6.07) is 18.9. The molecule has 3 amide bonds. The lowest BCUT2D eigenvalue weighted by atomic mass is 9.55. The molecular weight excluding hydrogens is 550 g/mol. The molecule has 3 aliphatic carbocycles. The van der Waals surface area contributed by atoms with E-state index in [1.807, 2.05) is 62.4 Å². The number of likely N-dealkylation sites (tertiary alicyclic amines) is 1. The first-order chi connectivity index (χ1) is 20.6. The van der Waals surface area contributed by atoms with Crippen LogP contribution in [-0.2, 0) is 23.9 Å². The first-order valence-electron chi connectivity index (χ1n) is 14.3. The standard InChI is InChI=1S/C33H31N3O7/c1-17(2)14-25(33(40)43-16-26(37)34-19-13-12-18(3)24(15-19)36(41)42)35-31(38)29-27-20-8-4-5-9-21(20)28(30(29)32(35)39)23-11-7-6-10-22(23)27/h4-13,15,17,25,27-30H,14,16H2,1-3H3,(H,34,37)/t25-,27?,28?,29-,30+/m0/s1. The van der Waals surface area contributed by atoms with Gasteiger partial charge in [-0.25, -0.2) is 4.79 Å². The van der Waals surface area contributed by atoms with Crippen LogP contribution in [0, 0.1) is 34.8 Å². The van der Waals surface area contributed by atoms with E-state index in [1.165, 1.54) is 18.2 Å². The van der Waals surface area contributed by atoms with Crippen molar-refractivity contribution in [2.75, 3.05) is 11.9 Å². The highest BCUT2D eigenvalue weighted by molar-refractivity contribution is 6.10. The summed E-state index contributed by atoms with van der Waals surface area (Å²) in [7, 11) is 0. The van der Waals surface area contributed by atoms with Gasteiger partial charge in [0.2, 0.25) is 11.8 Å². The number of benzene rings is 3. The molecule has 0 radical (unpaired) electrons. The van der Waals surface area contributed by atoms with Crippen LogP contribution in [0.2, 0.25) is 0 Å². The molecule has 1 N–H and O–H groups in total. The monoisotopic (exact) mass is 581 g/mol. The number of imide groups is 1. The van der Waals surface area contributed by atoms with Crippen LogP contribution in [0.25, 0.3) is 0 Å². The quantitative estimate of drug-likeness (QED) is 0.176. The lowest BCUT2D eigenvalue weighted by molar-refractivity contribution is -0.385. The number of hydrogen-bond donors (Lipinski definition) is 1. The van der Waals surface area contributed by atoms with Crippen molar-refractivity contribution in [2.24, 2.45) is 17.8 Å². The predicted molar refractivity (Wildman–Crippen MR) is 156 cm³/mol. The number of esters is 1. The van der Waals surface area contributed by atoms with Crippen LogP contribution in [0.3, 0.4) is 0 Å². The summed E-state index contributed by atoms with van der Waals surface area (Å²) in [5.74, 6) is -4.27. The molecule has 2 bridgehead atoms. The van der Waals surface area contributed by atoms with E-state index in [-0.39, 0.29) is 35.5 Å². The second kappa shape index (κ2) is 10.8. The van der Waals surface area contributed by atoms with Crippen molar-refractivity contribution in [3.63, 3.8) is 0 Å². The van der Waals surface area contributed by atoms with Gasteiger partial charge in [0.15, 0.2) is 6.61 Å². The van der Waals surface area contributed by atoms with E-state index in [1.54, 1.807) is 6.92 Å². The number of aryl methyl sites for hydroxylation is 1. The zero-order valence-corrected chi connectivity index (χ0v) is 24.0. The van der Waals surface area contributed by atoms with Crippen molar-refractivity contribution >= 4 is 35.1 Å². The summed E-state index contributed by atoms with van der Waals surface area (Å²) in [6.07, 6.45) is 0.177. The Balaban J connectivity index is 1.24. The number of hydrogen-bond acceptors (Lipinski definition) is 7. The molecule has 7 rings (SSSR count). The van der Waals surface area contributed by atoms with Crippen LogP contribution >= 0.6 is 0 Å². The first-order valence-corrected chi connectivity index (χ1v) is 14.3. The largest absolute Gasteiger partial charge is 0.454 e. The second-order valence-electron chi connectivity index (χ2n) is 11.9. The van der Waals surface area contributed by atoms with Gasteiger partial charge in [-0.05, 0) is 47.6 Å². The Morgan fingerprint density at radius 3 is 1.88 bits per heavy atom. The topological polar surface area (TPSA) is 136 Å². The van der Waals surface area contributed by atoms with Crippen LogP contribution in [-0.4, -0.2) is 46.2 Å². The first kappa shape index (κ1) is 28.3. The lowest BCUT2D eigenvalue weighted by Crippen LogP contribution is -2.47. The molecule has 3 aromatic rings. The number of nitro benzene ring substituents is 1. The summed E-state index contributed by atoms with van der Waals surface area (Å²) < 4.78 is 5.36. The zero-order valence-electron chi connectivity index (χ0n) is 24.0. The minimum atomic E-state index is -1.19. The second-order valence-corrected chi connectivity index (χ2v) is 11.9. The van der Waals surface area contributed by atoms with Gasteiger partial charge < -0.3 is 10.1 Å². The molecule has 10 nitrogen and oxygen atoms in total. The number of nitro groups is 1. The molecule has 0 spiro atoms. The third-order valence-electron chi connectivity index (χ3n) is 8.80. The molecule has 220 valence electrons. The van der Waals surface area contributed by atoms with Gasteiger partial charge in [-0.1, -0.05) is 68.4 Å². The molecular formula is C33H31N3O7. The molecule has 3 aromatic carbocycles. The molecule has 10 heteroatoms. The van der Waals surface area contributed by atoms with E-state index in [0.717, 1.165) is 27.2 Å². The number of anilines is 1. The Kier molecular flexibility index (Phi) is 7.07. The number of nitrogens with zero attached hydrogens (tertiary/aromatic N) is 2. The highest BCUT2D eigenvalue weighted by Gasteiger charge is 2.63. The van der Waals surface area contributed by atoms with E-state index in [2.05, 4.69) is 5.32 Å². The fourth-order valence-corrected chi connectivity index (χ4v) is 7.07. The van der Waals surface area contributed by atoms with Gasteiger partial charge in [0, 0.05) is 29.2 Å². The number of carbonyl (C=O) groups is 4. The van der Waals surface area contributed by atoms with Gasteiger partial charge in [-0.3, -0.25) is 29.4 Å². The van der Waals surface area contributed by atoms with E-state index in [0.29, 0.717) is 5.56 Å². The summed E-state index contributed by atoms with van der Waals surface area (Å²) in [5, 5.41) is 13.7. The lowest BCUT2D eigenvalue weighted by Gasteiger charge is -2.45. The maximum atomic E-state index is 14.1. The number of ether oxygens (including phenoxy) is 1. The fraction of sp³-hybridized carbons (Fsp3) is 0.333. The number of amides is 3. The van der Waals surface area contributed by atoms with Crippen molar-refractivity contribution in [3.05, 3.63) is 105 Å². The van der Waals surface area contributed by atoms with Gasteiger partial charge in [0.05, 0.1) is 16.8 Å². The minimum Gasteiger partial charge on any atom is -0.454 e. The van der Waals surface area contributed by atoms with E-state index in [4.69, 9.17) is 4.74 Å². The third kappa shape index (κ3) is 4.67. The Labute approximate surface area is 248 Å². The van der Waals surface area contributed by atoms with Crippen molar-refractivity contribution < 1.29 is 28.8 Å². The van der Waals surface area contributed by atoms with Crippen LogP contribution in [0.4, 0.5) is 11.4 Å². The molecule has 1 heterocycles. The van der Waals surface area contributed by atoms with E-state index >= 15 is 0 Å². The zero-order chi connectivity index (χ0) is 30.6. The van der Waals surface area contributed by atoms with Gasteiger partial charge in [-0.2, -0.15) is 0 Å². The van der Waals surface area contributed by atoms with Crippen LogP contribution < -0.4 is 5.32 Å². The Hall–Kier alpha value is -4.86. The van der Waals surface area contributed by atoms with E-state index in [9.17, 15) is 29.3 Å². The average Bonchev–Trinajstić information content (AvgIpc) is 3.25. The molecule has 43 heavy (non-hydrogen) atoms. The van der Waals surface area contributed by atoms with Crippen molar-refractivity contribution in [1.29, 1.82) is 0 Å². The normalized spacial score (nSPS) is 22.1. The highest BCUT2D eigenvalue weighted by atomic mass is 16.6. The molecule has 4 aliphatic rings. The van der Waals surface area contributed by atoms with Gasteiger partial charge in [0.1, 0.15) is 6.04 Å². The number of carbonyl (C=O) groups excluding carboxylic acids is 4. The van der Waals surface area contributed by atoms with Gasteiger partial charge in [-0.15, -0.1) is 0 Å². The van der Waals surface area contributed by atoms with Crippen LogP contribution in [0.5, 0.6) is 0 Å². The molecule has 0 unspecified atom stereocenters.